The minimum absolute atomic E-state index is 1.11. The molecule has 0 saturated carbocycles. The molecule has 0 aliphatic heterocycles. The van der Waals surface area contributed by atoms with Crippen LogP contribution in [0.4, 0.5) is 17.1 Å². The smallest absolute Gasteiger partial charge is 0.0462 e. The fourth-order valence-electron chi connectivity index (χ4n) is 6.28. The molecule has 7 aromatic carbocycles. The van der Waals surface area contributed by atoms with E-state index in [1.807, 2.05) is 0 Å². The number of hydrogen-bond acceptors (Lipinski definition) is 1. The second-order valence-electron chi connectivity index (χ2n) is 12.9. The minimum atomic E-state index is 1.11. The van der Waals surface area contributed by atoms with Gasteiger partial charge < -0.3 is 4.90 Å². The van der Waals surface area contributed by atoms with Crippen LogP contribution in [0, 0.1) is 20.8 Å². The average molecular weight is 644 g/mol. The zero-order chi connectivity index (χ0) is 34.3. The van der Waals surface area contributed by atoms with Gasteiger partial charge >= 0.3 is 0 Å². The van der Waals surface area contributed by atoms with Gasteiger partial charge in [0.25, 0.3) is 0 Å². The van der Waals surface area contributed by atoms with E-state index in [4.69, 9.17) is 0 Å². The van der Waals surface area contributed by atoms with Crippen molar-refractivity contribution < 1.29 is 0 Å². The molecule has 0 unspecified atom stereocenters. The summed E-state index contributed by atoms with van der Waals surface area (Å²) in [5.41, 5.74) is 16.6. The van der Waals surface area contributed by atoms with Crippen LogP contribution in [0.1, 0.15) is 50.1 Å². The van der Waals surface area contributed by atoms with Crippen molar-refractivity contribution in [3.8, 4) is 0 Å². The van der Waals surface area contributed by atoms with Crippen molar-refractivity contribution in [2.24, 2.45) is 0 Å². The van der Waals surface area contributed by atoms with E-state index in [1.165, 1.54) is 50.1 Å². The fraction of sp³-hybridized carbons (Fsp3) is 0.0612. The van der Waals surface area contributed by atoms with E-state index in [0.29, 0.717) is 0 Å². The molecule has 0 N–H and O–H groups in total. The van der Waals surface area contributed by atoms with Crippen LogP contribution in [0.2, 0.25) is 0 Å². The second kappa shape index (κ2) is 14.9. The monoisotopic (exact) mass is 643 g/mol. The zero-order valence-corrected chi connectivity index (χ0v) is 28.9. The number of anilines is 3. The molecule has 0 aliphatic carbocycles. The SMILES string of the molecule is Cc1ccc(/C(=C/c2ccc(N(c3ccc(C)cc3)c3ccc(/C=C(\c4ccccc4)c4ccc(C)cc4)cc3)cc2)c2ccccc2)cc1. The second-order valence-corrected chi connectivity index (χ2v) is 12.9. The van der Waals surface area contributed by atoms with Gasteiger partial charge in [-0.05, 0) is 114 Å². The molecule has 0 aliphatic rings. The lowest BCUT2D eigenvalue weighted by molar-refractivity contribution is 1.27. The van der Waals surface area contributed by atoms with Crippen molar-refractivity contribution in [1.82, 2.24) is 0 Å². The van der Waals surface area contributed by atoms with Gasteiger partial charge in [0.15, 0.2) is 0 Å². The summed E-state index contributed by atoms with van der Waals surface area (Å²) in [6.45, 7) is 6.39. The summed E-state index contributed by atoms with van der Waals surface area (Å²) in [6.07, 6.45) is 4.58. The van der Waals surface area contributed by atoms with Gasteiger partial charge in [0.05, 0.1) is 0 Å². The van der Waals surface area contributed by atoms with Gasteiger partial charge in [-0.25, -0.2) is 0 Å². The number of nitrogens with zero attached hydrogens (tertiary/aromatic N) is 1. The van der Waals surface area contributed by atoms with Gasteiger partial charge in [0.2, 0.25) is 0 Å². The molecule has 0 bridgehead atoms. The van der Waals surface area contributed by atoms with Crippen molar-refractivity contribution in [2.45, 2.75) is 20.8 Å². The number of hydrogen-bond donors (Lipinski definition) is 0. The first kappa shape index (κ1) is 32.4. The molecule has 0 amide bonds. The molecule has 0 fully saturated rings. The van der Waals surface area contributed by atoms with Crippen molar-refractivity contribution in [1.29, 1.82) is 0 Å². The molecule has 50 heavy (non-hydrogen) atoms. The summed E-state index contributed by atoms with van der Waals surface area (Å²) < 4.78 is 0. The Balaban J connectivity index is 1.25. The molecule has 0 saturated heterocycles. The first-order chi connectivity index (χ1) is 24.5. The maximum Gasteiger partial charge on any atom is 0.0462 e. The lowest BCUT2D eigenvalue weighted by Gasteiger charge is -2.26. The van der Waals surface area contributed by atoms with Gasteiger partial charge in [-0.1, -0.05) is 162 Å². The molecule has 242 valence electrons. The number of rotatable bonds is 9. The normalized spacial score (nSPS) is 11.7. The third-order valence-electron chi connectivity index (χ3n) is 9.11. The summed E-state index contributed by atoms with van der Waals surface area (Å²) in [5.74, 6) is 0. The van der Waals surface area contributed by atoms with E-state index in [-0.39, 0.29) is 0 Å². The Bertz CT molecular complexity index is 2060. The topological polar surface area (TPSA) is 3.24 Å². The van der Waals surface area contributed by atoms with E-state index in [2.05, 4.69) is 220 Å². The third-order valence-corrected chi connectivity index (χ3v) is 9.11. The zero-order valence-electron chi connectivity index (χ0n) is 28.9. The summed E-state index contributed by atoms with van der Waals surface area (Å²) in [4.78, 5) is 2.33. The molecule has 0 aromatic heterocycles. The molecule has 7 rings (SSSR count). The average Bonchev–Trinajstić information content (AvgIpc) is 3.16. The molecular formula is C49H41N. The van der Waals surface area contributed by atoms with E-state index in [0.717, 1.165) is 28.2 Å². The van der Waals surface area contributed by atoms with Crippen LogP contribution in [0.15, 0.2) is 182 Å². The van der Waals surface area contributed by atoms with E-state index >= 15 is 0 Å². The van der Waals surface area contributed by atoms with Crippen LogP contribution in [-0.2, 0) is 0 Å². The molecule has 0 radical (unpaired) electrons. The molecule has 1 heteroatoms. The molecule has 1 nitrogen and oxygen atoms in total. The molecule has 0 spiro atoms. The maximum absolute atomic E-state index is 2.33. The summed E-state index contributed by atoms with van der Waals surface area (Å²) >= 11 is 0. The first-order valence-electron chi connectivity index (χ1n) is 17.3. The van der Waals surface area contributed by atoms with Crippen LogP contribution in [0.3, 0.4) is 0 Å². The lowest BCUT2D eigenvalue weighted by Crippen LogP contribution is -2.09. The highest BCUT2D eigenvalue weighted by Crippen LogP contribution is 2.36. The molecule has 0 heterocycles. The van der Waals surface area contributed by atoms with Crippen LogP contribution < -0.4 is 4.90 Å². The molecular weight excluding hydrogens is 603 g/mol. The van der Waals surface area contributed by atoms with Crippen molar-refractivity contribution in [2.75, 3.05) is 4.90 Å². The Morgan fingerprint density at radius 3 is 0.940 bits per heavy atom. The number of benzene rings is 7. The Morgan fingerprint density at radius 2 is 0.600 bits per heavy atom. The van der Waals surface area contributed by atoms with Crippen molar-refractivity contribution in [3.05, 3.63) is 232 Å². The maximum atomic E-state index is 2.33. The van der Waals surface area contributed by atoms with Gasteiger partial charge in [0.1, 0.15) is 0 Å². The molecule has 0 atom stereocenters. The predicted octanol–water partition coefficient (Wildman–Crippen LogP) is 13.3. The Hall–Kier alpha value is -6.18. The van der Waals surface area contributed by atoms with Crippen LogP contribution in [-0.4, -0.2) is 0 Å². The minimum Gasteiger partial charge on any atom is -0.311 e. The summed E-state index contributed by atoms with van der Waals surface area (Å²) in [6, 6.07) is 65.4. The molecule has 7 aromatic rings. The summed E-state index contributed by atoms with van der Waals surface area (Å²) in [7, 11) is 0. The highest BCUT2D eigenvalue weighted by molar-refractivity contribution is 5.93. The van der Waals surface area contributed by atoms with Gasteiger partial charge in [-0.15, -0.1) is 0 Å². The standard InChI is InChI=1S/C49H41N/c1-36-14-24-43(25-15-36)48(41-10-6-4-7-11-41)34-39-20-30-46(31-21-39)50(45-28-18-38(3)19-29-45)47-32-22-40(23-33-47)35-49(42-12-8-5-9-13-42)44-26-16-37(2)17-27-44/h4-35H,1-3H3/b48-34+,49-35+. The van der Waals surface area contributed by atoms with Crippen LogP contribution in [0.5, 0.6) is 0 Å². The Morgan fingerprint density at radius 1 is 0.320 bits per heavy atom. The highest BCUT2D eigenvalue weighted by atomic mass is 15.1. The fourth-order valence-corrected chi connectivity index (χ4v) is 6.28. The Kier molecular flexibility index (Phi) is 9.67. The summed E-state index contributed by atoms with van der Waals surface area (Å²) in [5, 5.41) is 0. The van der Waals surface area contributed by atoms with Crippen molar-refractivity contribution >= 4 is 40.4 Å². The van der Waals surface area contributed by atoms with Crippen molar-refractivity contribution in [3.63, 3.8) is 0 Å². The van der Waals surface area contributed by atoms with Gasteiger partial charge in [-0.2, -0.15) is 0 Å². The lowest BCUT2D eigenvalue weighted by atomic mass is 9.95. The third kappa shape index (κ3) is 7.59. The van der Waals surface area contributed by atoms with Gasteiger partial charge in [-0.3, -0.25) is 0 Å². The van der Waals surface area contributed by atoms with Gasteiger partial charge in [0, 0.05) is 17.1 Å². The predicted molar refractivity (Wildman–Crippen MR) is 215 cm³/mol. The highest BCUT2D eigenvalue weighted by Gasteiger charge is 2.14. The Labute approximate surface area is 297 Å². The van der Waals surface area contributed by atoms with Crippen LogP contribution >= 0.6 is 0 Å². The van der Waals surface area contributed by atoms with Crippen LogP contribution in [0.25, 0.3) is 23.3 Å². The van der Waals surface area contributed by atoms with E-state index in [9.17, 15) is 0 Å². The van der Waals surface area contributed by atoms with E-state index in [1.54, 1.807) is 0 Å². The van der Waals surface area contributed by atoms with E-state index < -0.39 is 0 Å². The number of aryl methyl sites for hydroxylation is 3. The largest absolute Gasteiger partial charge is 0.311 e. The first-order valence-corrected chi connectivity index (χ1v) is 17.3. The quantitative estimate of drug-likeness (QED) is 0.142.